The van der Waals surface area contributed by atoms with Gasteiger partial charge in [0.05, 0.1) is 5.69 Å². The van der Waals surface area contributed by atoms with Crippen LogP contribution >= 0.6 is 0 Å². The highest BCUT2D eigenvalue weighted by atomic mass is 15.3. The number of anilines is 2. The van der Waals surface area contributed by atoms with Crippen LogP contribution in [0.3, 0.4) is 0 Å². The average molecular weight is 260 g/mol. The second kappa shape index (κ2) is 5.76. The number of hydrogen-bond donors (Lipinski definition) is 1. The lowest BCUT2D eigenvalue weighted by Gasteiger charge is -2.19. The Hall–Kier alpha value is -1.32. The zero-order valence-electron chi connectivity index (χ0n) is 11.9. The lowest BCUT2D eigenvalue weighted by molar-refractivity contribution is 0.690. The maximum atomic E-state index is 4.85. The molecule has 0 amide bonds. The number of nitrogens with one attached hydrogen (secondary N) is 1. The van der Waals surface area contributed by atoms with E-state index in [1.807, 2.05) is 0 Å². The summed E-state index contributed by atoms with van der Waals surface area (Å²) in [5.41, 5.74) is 1.25. The van der Waals surface area contributed by atoms with Gasteiger partial charge in [0.2, 0.25) is 5.95 Å². The minimum Gasteiger partial charge on any atom is -0.370 e. The van der Waals surface area contributed by atoms with E-state index < -0.39 is 0 Å². The average Bonchev–Trinajstić information content (AvgIpc) is 3.12. The molecule has 1 N–H and O–H groups in total. The van der Waals surface area contributed by atoms with Crippen molar-refractivity contribution >= 4 is 11.8 Å². The molecule has 1 saturated heterocycles. The molecule has 0 aromatic carbocycles. The highest BCUT2D eigenvalue weighted by Crippen LogP contribution is 2.34. The van der Waals surface area contributed by atoms with Gasteiger partial charge in [0.1, 0.15) is 5.82 Å². The van der Waals surface area contributed by atoms with Crippen LogP contribution in [0.2, 0.25) is 0 Å². The molecule has 0 bridgehead atoms. The van der Waals surface area contributed by atoms with E-state index in [4.69, 9.17) is 4.98 Å². The molecule has 1 aliphatic heterocycles. The summed E-state index contributed by atoms with van der Waals surface area (Å²) in [6.45, 7) is 5.26. The number of hydrogen-bond acceptors (Lipinski definition) is 4. The molecule has 0 spiro atoms. The standard InChI is InChI=1S/C15H24N4/c1-2-16-14-11-13(12-7-3-4-8-12)17-15(18-14)19-9-5-6-10-19/h11-12H,2-10H2,1H3,(H,16,17,18). The van der Waals surface area contributed by atoms with Crippen molar-refractivity contribution in [1.82, 2.24) is 9.97 Å². The topological polar surface area (TPSA) is 41.1 Å². The predicted molar refractivity (Wildman–Crippen MR) is 78.9 cm³/mol. The third-order valence-electron chi connectivity index (χ3n) is 4.25. The molecule has 1 aromatic heterocycles. The lowest BCUT2D eigenvalue weighted by atomic mass is 10.0. The van der Waals surface area contributed by atoms with Gasteiger partial charge in [-0.3, -0.25) is 0 Å². The summed E-state index contributed by atoms with van der Waals surface area (Å²) in [6, 6.07) is 2.17. The molecule has 0 atom stereocenters. The van der Waals surface area contributed by atoms with E-state index >= 15 is 0 Å². The van der Waals surface area contributed by atoms with E-state index in [0.717, 1.165) is 31.4 Å². The monoisotopic (exact) mass is 260 g/mol. The summed E-state index contributed by atoms with van der Waals surface area (Å²) in [5.74, 6) is 2.60. The van der Waals surface area contributed by atoms with Gasteiger partial charge < -0.3 is 10.2 Å². The van der Waals surface area contributed by atoms with E-state index in [1.165, 1.54) is 44.2 Å². The zero-order valence-corrected chi connectivity index (χ0v) is 11.9. The van der Waals surface area contributed by atoms with Crippen LogP contribution in [0, 0.1) is 0 Å². The molecule has 2 fully saturated rings. The summed E-state index contributed by atoms with van der Waals surface area (Å²) >= 11 is 0. The quantitative estimate of drug-likeness (QED) is 0.903. The Bertz CT molecular complexity index is 386. The fraction of sp³-hybridized carbons (Fsp3) is 0.733. The van der Waals surface area contributed by atoms with Gasteiger partial charge in [-0.1, -0.05) is 12.8 Å². The molecule has 0 unspecified atom stereocenters. The van der Waals surface area contributed by atoms with Crippen LogP contribution in [0.15, 0.2) is 6.07 Å². The van der Waals surface area contributed by atoms with E-state index in [2.05, 4.69) is 28.2 Å². The summed E-state index contributed by atoms with van der Waals surface area (Å²) in [6.07, 6.45) is 7.83. The Morgan fingerprint density at radius 2 is 1.89 bits per heavy atom. The highest BCUT2D eigenvalue weighted by molar-refractivity contribution is 5.45. The Labute approximate surface area is 115 Å². The molecular formula is C15H24N4. The molecular weight excluding hydrogens is 236 g/mol. The third-order valence-corrected chi connectivity index (χ3v) is 4.25. The maximum Gasteiger partial charge on any atom is 0.227 e. The van der Waals surface area contributed by atoms with Gasteiger partial charge in [-0.2, -0.15) is 4.98 Å². The first-order chi connectivity index (χ1) is 9.36. The molecule has 3 rings (SSSR count). The van der Waals surface area contributed by atoms with Crippen molar-refractivity contribution in [1.29, 1.82) is 0 Å². The van der Waals surface area contributed by atoms with Crippen molar-refractivity contribution in [3.05, 3.63) is 11.8 Å². The minimum atomic E-state index is 0.654. The van der Waals surface area contributed by atoms with E-state index in [1.54, 1.807) is 0 Å². The maximum absolute atomic E-state index is 4.85. The van der Waals surface area contributed by atoms with E-state index in [-0.39, 0.29) is 0 Å². The number of rotatable bonds is 4. The molecule has 2 heterocycles. The molecule has 0 radical (unpaired) electrons. The van der Waals surface area contributed by atoms with Crippen molar-refractivity contribution in [3.63, 3.8) is 0 Å². The van der Waals surface area contributed by atoms with Crippen molar-refractivity contribution in [3.8, 4) is 0 Å². The van der Waals surface area contributed by atoms with Crippen LogP contribution in [0.5, 0.6) is 0 Å². The molecule has 2 aliphatic rings. The summed E-state index contributed by atoms with van der Waals surface area (Å²) < 4.78 is 0. The molecule has 104 valence electrons. The van der Waals surface area contributed by atoms with Crippen molar-refractivity contribution in [2.24, 2.45) is 0 Å². The van der Waals surface area contributed by atoms with E-state index in [9.17, 15) is 0 Å². The largest absolute Gasteiger partial charge is 0.370 e. The molecule has 4 nitrogen and oxygen atoms in total. The first-order valence-electron chi connectivity index (χ1n) is 7.74. The Balaban J connectivity index is 1.88. The van der Waals surface area contributed by atoms with Crippen LogP contribution < -0.4 is 10.2 Å². The molecule has 4 heteroatoms. The number of nitrogens with zero attached hydrogens (tertiary/aromatic N) is 3. The van der Waals surface area contributed by atoms with Crippen molar-refractivity contribution < 1.29 is 0 Å². The van der Waals surface area contributed by atoms with Crippen molar-refractivity contribution in [2.75, 3.05) is 29.9 Å². The first kappa shape index (κ1) is 12.7. The fourth-order valence-electron chi connectivity index (χ4n) is 3.21. The molecule has 1 saturated carbocycles. The Kier molecular flexibility index (Phi) is 3.85. The van der Waals surface area contributed by atoms with Gasteiger partial charge in [-0.15, -0.1) is 0 Å². The summed E-state index contributed by atoms with van der Waals surface area (Å²) in [5, 5.41) is 3.36. The van der Waals surface area contributed by atoms with Crippen LogP contribution in [0.25, 0.3) is 0 Å². The Morgan fingerprint density at radius 1 is 1.16 bits per heavy atom. The lowest BCUT2D eigenvalue weighted by Crippen LogP contribution is -2.22. The van der Waals surface area contributed by atoms with Gasteiger partial charge in [0.25, 0.3) is 0 Å². The van der Waals surface area contributed by atoms with Crippen LogP contribution in [-0.2, 0) is 0 Å². The van der Waals surface area contributed by atoms with Crippen LogP contribution in [-0.4, -0.2) is 29.6 Å². The van der Waals surface area contributed by atoms with Gasteiger partial charge >= 0.3 is 0 Å². The van der Waals surface area contributed by atoms with Gasteiger partial charge in [0, 0.05) is 31.6 Å². The zero-order chi connectivity index (χ0) is 13.1. The van der Waals surface area contributed by atoms with Crippen LogP contribution in [0.1, 0.15) is 57.1 Å². The molecule has 19 heavy (non-hydrogen) atoms. The smallest absolute Gasteiger partial charge is 0.227 e. The predicted octanol–water partition coefficient (Wildman–Crippen LogP) is 3.17. The summed E-state index contributed by atoms with van der Waals surface area (Å²) in [4.78, 5) is 11.9. The molecule has 1 aliphatic carbocycles. The highest BCUT2D eigenvalue weighted by Gasteiger charge is 2.22. The fourth-order valence-corrected chi connectivity index (χ4v) is 3.21. The third kappa shape index (κ3) is 2.82. The SMILES string of the molecule is CCNc1cc(C2CCCC2)nc(N2CCCC2)n1. The second-order valence-electron chi connectivity index (χ2n) is 5.68. The second-order valence-corrected chi connectivity index (χ2v) is 5.68. The normalized spacial score (nSPS) is 20.2. The van der Waals surface area contributed by atoms with E-state index in [0.29, 0.717) is 5.92 Å². The Morgan fingerprint density at radius 3 is 2.58 bits per heavy atom. The first-order valence-corrected chi connectivity index (χ1v) is 7.74. The number of aromatic nitrogens is 2. The molecule has 1 aromatic rings. The van der Waals surface area contributed by atoms with Crippen molar-refractivity contribution in [2.45, 2.75) is 51.4 Å². The van der Waals surface area contributed by atoms with Gasteiger partial charge in [0.15, 0.2) is 0 Å². The van der Waals surface area contributed by atoms with Crippen LogP contribution in [0.4, 0.5) is 11.8 Å². The minimum absolute atomic E-state index is 0.654. The summed E-state index contributed by atoms with van der Waals surface area (Å²) in [7, 11) is 0. The van der Waals surface area contributed by atoms with Gasteiger partial charge in [-0.05, 0) is 32.6 Å². The van der Waals surface area contributed by atoms with Gasteiger partial charge in [-0.25, -0.2) is 4.98 Å².